The Labute approximate surface area is 242 Å². The molecule has 0 saturated heterocycles. The van der Waals surface area contributed by atoms with Gasteiger partial charge in [0.2, 0.25) is 0 Å². The molecule has 0 aliphatic rings. The fraction of sp³-hybridized carbons (Fsp3) is 0.941. The molecule has 0 amide bonds. The van der Waals surface area contributed by atoms with Crippen LogP contribution in [0.25, 0.3) is 0 Å². The summed E-state index contributed by atoms with van der Waals surface area (Å²) in [5.74, 6) is -1.32. The van der Waals surface area contributed by atoms with Crippen LogP contribution in [0.15, 0.2) is 0 Å². The van der Waals surface area contributed by atoms with Gasteiger partial charge < -0.3 is 15.5 Å². The lowest BCUT2D eigenvalue weighted by Gasteiger charge is -2.06. The molecule has 0 fully saturated rings. The standard InChI is InChI=1S/C34H67NO4/c36-33(37)29-25-21-17-13-9-5-1-3-7-11-15-19-23-27-31-35-32-28-24-20-16-12-8-4-2-6-10-14-18-22-26-30-34(38)39/h35H,1-32H2,(H,36,37)(H,38,39). The van der Waals surface area contributed by atoms with Crippen LogP contribution >= 0.6 is 0 Å². The van der Waals surface area contributed by atoms with Crippen LogP contribution in [0.5, 0.6) is 0 Å². The molecule has 0 aromatic carbocycles. The normalized spacial score (nSPS) is 11.3. The maximum absolute atomic E-state index is 10.5. The summed E-state index contributed by atoms with van der Waals surface area (Å²) in [5.41, 5.74) is 0. The molecular weight excluding hydrogens is 486 g/mol. The van der Waals surface area contributed by atoms with Crippen molar-refractivity contribution in [2.75, 3.05) is 13.1 Å². The van der Waals surface area contributed by atoms with E-state index in [-0.39, 0.29) is 0 Å². The molecule has 0 unspecified atom stereocenters. The largest absolute Gasteiger partial charge is 0.481 e. The van der Waals surface area contributed by atoms with Gasteiger partial charge in [-0.1, -0.05) is 154 Å². The van der Waals surface area contributed by atoms with Gasteiger partial charge in [0.1, 0.15) is 0 Å². The molecule has 0 saturated carbocycles. The van der Waals surface area contributed by atoms with Crippen molar-refractivity contribution >= 4 is 11.9 Å². The lowest BCUT2D eigenvalue weighted by Crippen LogP contribution is -2.16. The average molecular weight is 554 g/mol. The Morgan fingerprint density at radius 3 is 0.692 bits per heavy atom. The molecule has 39 heavy (non-hydrogen) atoms. The fourth-order valence-electron chi connectivity index (χ4n) is 5.42. The van der Waals surface area contributed by atoms with Gasteiger partial charge in [0.05, 0.1) is 0 Å². The summed E-state index contributed by atoms with van der Waals surface area (Å²) in [5, 5.41) is 20.9. The summed E-state index contributed by atoms with van der Waals surface area (Å²) in [7, 11) is 0. The van der Waals surface area contributed by atoms with Gasteiger partial charge in [0.25, 0.3) is 0 Å². The molecule has 5 heteroatoms. The van der Waals surface area contributed by atoms with Crippen molar-refractivity contribution in [1.29, 1.82) is 0 Å². The highest BCUT2D eigenvalue weighted by Gasteiger charge is 1.99. The zero-order valence-corrected chi connectivity index (χ0v) is 25.8. The number of carbonyl (C=O) groups is 2. The molecule has 0 heterocycles. The summed E-state index contributed by atoms with van der Waals surface area (Å²) in [4.78, 5) is 20.9. The zero-order chi connectivity index (χ0) is 28.5. The first-order valence-electron chi connectivity index (χ1n) is 17.3. The van der Waals surface area contributed by atoms with Crippen molar-refractivity contribution in [3.8, 4) is 0 Å². The highest BCUT2D eigenvalue weighted by atomic mass is 16.4. The maximum atomic E-state index is 10.5. The van der Waals surface area contributed by atoms with Crippen LogP contribution < -0.4 is 5.32 Å². The summed E-state index contributed by atoms with van der Waals surface area (Å²) in [6, 6.07) is 0. The van der Waals surface area contributed by atoms with Crippen LogP contribution in [-0.4, -0.2) is 35.2 Å². The molecule has 0 spiro atoms. The fourth-order valence-corrected chi connectivity index (χ4v) is 5.42. The molecule has 232 valence electrons. The third kappa shape index (κ3) is 36.9. The number of unbranched alkanes of at least 4 members (excludes halogenated alkanes) is 26. The van der Waals surface area contributed by atoms with Crippen molar-refractivity contribution in [2.45, 2.75) is 193 Å². The number of aliphatic carboxylic acids is 2. The predicted molar refractivity (Wildman–Crippen MR) is 167 cm³/mol. The number of nitrogens with one attached hydrogen (secondary N) is 1. The number of hydrogen-bond acceptors (Lipinski definition) is 3. The summed E-state index contributed by atoms with van der Waals surface area (Å²) in [6.45, 7) is 2.39. The maximum Gasteiger partial charge on any atom is 0.303 e. The first kappa shape index (κ1) is 37.9. The van der Waals surface area contributed by atoms with E-state index < -0.39 is 11.9 Å². The van der Waals surface area contributed by atoms with Gasteiger partial charge in [-0.05, 0) is 38.8 Å². The van der Waals surface area contributed by atoms with E-state index >= 15 is 0 Å². The number of rotatable bonds is 34. The van der Waals surface area contributed by atoms with Crippen molar-refractivity contribution < 1.29 is 19.8 Å². The second kappa shape index (κ2) is 33.1. The van der Waals surface area contributed by atoms with Crippen LogP contribution in [0.3, 0.4) is 0 Å². The van der Waals surface area contributed by atoms with Gasteiger partial charge in [-0.15, -0.1) is 0 Å². The van der Waals surface area contributed by atoms with E-state index in [0.29, 0.717) is 12.8 Å². The minimum absolute atomic E-state index is 0.335. The molecule has 0 rings (SSSR count). The SMILES string of the molecule is O=C(O)CCCCCCCCCCCCCCCCNCCCCCCCCCCCCCCCCC(=O)O. The van der Waals surface area contributed by atoms with Gasteiger partial charge in [-0.3, -0.25) is 9.59 Å². The molecule has 5 nitrogen and oxygen atoms in total. The first-order chi connectivity index (χ1) is 19.1. The molecule has 0 atom stereocenters. The molecule has 0 aliphatic carbocycles. The molecule has 3 N–H and O–H groups in total. The van der Waals surface area contributed by atoms with Gasteiger partial charge in [-0.25, -0.2) is 0 Å². The lowest BCUT2D eigenvalue weighted by molar-refractivity contribution is -0.138. The van der Waals surface area contributed by atoms with Gasteiger partial charge in [0, 0.05) is 12.8 Å². The quantitative estimate of drug-likeness (QED) is 0.0690. The second-order valence-corrected chi connectivity index (χ2v) is 11.9. The zero-order valence-electron chi connectivity index (χ0n) is 25.8. The summed E-state index contributed by atoms with van der Waals surface area (Å²) < 4.78 is 0. The Morgan fingerprint density at radius 1 is 0.308 bits per heavy atom. The Bertz CT molecular complexity index is 467. The number of carboxylic acid groups (broad SMARTS) is 2. The predicted octanol–water partition coefficient (Wildman–Crippen LogP) is 10.4. The van der Waals surface area contributed by atoms with Crippen LogP contribution in [0, 0.1) is 0 Å². The molecule has 0 bridgehead atoms. The molecule has 0 radical (unpaired) electrons. The van der Waals surface area contributed by atoms with Gasteiger partial charge in [0.15, 0.2) is 0 Å². The van der Waals surface area contributed by atoms with Crippen molar-refractivity contribution in [2.24, 2.45) is 0 Å². The van der Waals surface area contributed by atoms with Gasteiger partial charge >= 0.3 is 11.9 Å². The van der Waals surface area contributed by atoms with E-state index in [0.717, 1.165) is 25.7 Å². The highest BCUT2D eigenvalue weighted by molar-refractivity contribution is 5.66. The van der Waals surface area contributed by atoms with E-state index in [9.17, 15) is 9.59 Å². The smallest absolute Gasteiger partial charge is 0.303 e. The Hall–Kier alpha value is -1.10. The van der Waals surface area contributed by atoms with Crippen molar-refractivity contribution in [3.05, 3.63) is 0 Å². The minimum Gasteiger partial charge on any atom is -0.481 e. The second-order valence-electron chi connectivity index (χ2n) is 11.9. The first-order valence-corrected chi connectivity index (χ1v) is 17.3. The summed E-state index contributed by atoms with van der Waals surface area (Å²) >= 11 is 0. The lowest BCUT2D eigenvalue weighted by atomic mass is 10.0. The highest BCUT2D eigenvalue weighted by Crippen LogP contribution is 2.15. The number of hydrogen-bond donors (Lipinski definition) is 3. The van der Waals surface area contributed by atoms with Crippen LogP contribution in [0.2, 0.25) is 0 Å². The van der Waals surface area contributed by atoms with Gasteiger partial charge in [-0.2, -0.15) is 0 Å². The molecule has 0 aromatic rings. The average Bonchev–Trinajstić information content (AvgIpc) is 2.91. The number of carboxylic acids is 2. The minimum atomic E-state index is -0.658. The Balaban J connectivity index is 3.04. The van der Waals surface area contributed by atoms with E-state index in [1.165, 1.54) is 167 Å². The van der Waals surface area contributed by atoms with Crippen molar-refractivity contribution in [1.82, 2.24) is 5.32 Å². The van der Waals surface area contributed by atoms with Crippen LogP contribution in [0.1, 0.15) is 193 Å². The van der Waals surface area contributed by atoms with Crippen LogP contribution in [-0.2, 0) is 9.59 Å². The Morgan fingerprint density at radius 2 is 0.487 bits per heavy atom. The monoisotopic (exact) mass is 554 g/mol. The topological polar surface area (TPSA) is 86.6 Å². The van der Waals surface area contributed by atoms with Crippen molar-refractivity contribution in [3.63, 3.8) is 0 Å². The van der Waals surface area contributed by atoms with E-state index in [1.807, 2.05) is 0 Å². The van der Waals surface area contributed by atoms with Crippen LogP contribution in [0.4, 0.5) is 0 Å². The Kier molecular flexibility index (Phi) is 32.2. The molecule has 0 aliphatic heterocycles. The van der Waals surface area contributed by atoms with E-state index in [2.05, 4.69) is 5.32 Å². The third-order valence-corrected chi connectivity index (χ3v) is 7.99. The van der Waals surface area contributed by atoms with E-state index in [1.54, 1.807) is 0 Å². The summed E-state index contributed by atoms with van der Waals surface area (Å²) in [6.07, 6.45) is 37.0. The van der Waals surface area contributed by atoms with E-state index in [4.69, 9.17) is 10.2 Å². The third-order valence-electron chi connectivity index (χ3n) is 7.99. The molecular formula is C34H67NO4. The molecule has 0 aromatic heterocycles.